The molecule has 0 aliphatic carbocycles. The second kappa shape index (κ2) is 8.25. The number of nitrogens with zero attached hydrogens (tertiary/aromatic N) is 1. The van der Waals surface area contributed by atoms with Gasteiger partial charge in [0, 0.05) is 32.3 Å². The van der Waals surface area contributed by atoms with Crippen LogP contribution in [-0.4, -0.2) is 62.5 Å². The summed E-state index contributed by atoms with van der Waals surface area (Å²) in [6, 6.07) is 6.46. The molecule has 4 rings (SSSR count). The molecule has 0 unspecified atom stereocenters. The highest BCUT2D eigenvalue weighted by Crippen LogP contribution is 2.40. The second-order valence-corrected chi connectivity index (χ2v) is 8.01. The van der Waals surface area contributed by atoms with Gasteiger partial charge in [0.25, 0.3) is 0 Å². The Kier molecular flexibility index (Phi) is 5.76. The highest BCUT2D eigenvalue weighted by molar-refractivity contribution is 5.80. The molecule has 1 aromatic carbocycles. The Balaban J connectivity index is 1.24. The lowest BCUT2D eigenvalue weighted by atomic mass is 9.81. The smallest absolute Gasteiger partial charge is 0.227 e. The van der Waals surface area contributed by atoms with Crippen molar-refractivity contribution in [3.63, 3.8) is 0 Å². The molecule has 3 saturated heterocycles. The van der Waals surface area contributed by atoms with E-state index in [1.54, 1.807) is 23.1 Å². The lowest BCUT2D eigenvalue weighted by molar-refractivity contribution is -0.168. The zero-order chi connectivity index (χ0) is 18.7. The Morgan fingerprint density at radius 3 is 2.70 bits per heavy atom. The standard InChI is InChI=1S/C21H28FNO4/c22-19-4-2-1-3-17(19)11-20(24)23-14-21(15-23)18(7-10-27-21)13-26-12-16-5-8-25-9-6-16/h1-4,16,18H,5-15H2/t18-/m1/s1. The molecular formula is C21H28FNO4. The fraction of sp³-hybridized carbons (Fsp3) is 0.667. The summed E-state index contributed by atoms with van der Waals surface area (Å²) in [5.41, 5.74) is 0.188. The quantitative estimate of drug-likeness (QED) is 0.764. The molecule has 3 aliphatic rings. The Morgan fingerprint density at radius 2 is 1.93 bits per heavy atom. The number of benzene rings is 1. The number of amides is 1. The van der Waals surface area contributed by atoms with Crippen LogP contribution in [0, 0.1) is 17.7 Å². The van der Waals surface area contributed by atoms with Crippen LogP contribution in [0.3, 0.4) is 0 Å². The summed E-state index contributed by atoms with van der Waals surface area (Å²) in [4.78, 5) is 14.3. The van der Waals surface area contributed by atoms with Crippen LogP contribution < -0.4 is 0 Å². The van der Waals surface area contributed by atoms with Crippen LogP contribution in [0.15, 0.2) is 24.3 Å². The normalized spacial score (nSPS) is 24.9. The van der Waals surface area contributed by atoms with Gasteiger partial charge in [-0.3, -0.25) is 4.79 Å². The molecule has 1 spiro atoms. The van der Waals surface area contributed by atoms with Gasteiger partial charge in [0.1, 0.15) is 11.4 Å². The van der Waals surface area contributed by atoms with Crippen LogP contribution in [0.1, 0.15) is 24.8 Å². The zero-order valence-corrected chi connectivity index (χ0v) is 15.7. The monoisotopic (exact) mass is 377 g/mol. The van der Waals surface area contributed by atoms with Gasteiger partial charge in [0.2, 0.25) is 5.91 Å². The molecule has 0 radical (unpaired) electrons. The third-order valence-corrected chi connectivity index (χ3v) is 6.18. The molecule has 5 nitrogen and oxygen atoms in total. The molecule has 1 amide bonds. The SMILES string of the molecule is O=C(Cc1ccccc1F)N1CC2(C1)OCC[C@@H]2COCC1CCOCC1. The van der Waals surface area contributed by atoms with Gasteiger partial charge in [0.15, 0.2) is 0 Å². The fourth-order valence-corrected chi connectivity index (χ4v) is 4.35. The van der Waals surface area contributed by atoms with E-state index in [4.69, 9.17) is 14.2 Å². The second-order valence-electron chi connectivity index (χ2n) is 8.01. The largest absolute Gasteiger partial charge is 0.381 e. The summed E-state index contributed by atoms with van der Waals surface area (Å²) in [5, 5.41) is 0. The molecule has 0 saturated carbocycles. The van der Waals surface area contributed by atoms with Crippen LogP contribution >= 0.6 is 0 Å². The van der Waals surface area contributed by atoms with Crippen molar-refractivity contribution < 1.29 is 23.4 Å². The maximum atomic E-state index is 13.8. The van der Waals surface area contributed by atoms with Crippen LogP contribution in [0.5, 0.6) is 0 Å². The predicted molar refractivity (Wildman–Crippen MR) is 97.8 cm³/mol. The van der Waals surface area contributed by atoms with Gasteiger partial charge in [-0.1, -0.05) is 18.2 Å². The molecule has 148 valence electrons. The minimum atomic E-state index is -0.322. The minimum Gasteiger partial charge on any atom is -0.381 e. The molecule has 3 heterocycles. The van der Waals surface area contributed by atoms with Crippen molar-refractivity contribution in [2.24, 2.45) is 11.8 Å². The summed E-state index contributed by atoms with van der Waals surface area (Å²) >= 11 is 0. The number of carbonyl (C=O) groups is 1. The van der Waals surface area contributed by atoms with Crippen molar-refractivity contribution >= 4 is 5.91 Å². The molecule has 6 heteroatoms. The highest BCUT2D eigenvalue weighted by atomic mass is 19.1. The van der Waals surface area contributed by atoms with Crippen molar-refractivity contribution in [1.82, 2.24) is 4.90 Å². The lowest BCUT2D eigenvalue weighted by Gasteiger charge is -2.50. The predicted octanol–water partition coefficient (Wildman–Crippen LogP) is 2.43. The van der Waals surface area contributed by atoms with E-state index in [2.05, 4.69) is 0 Å². The Hall–Kier alpha value is -1.50. The Labute approximate surface area is 159 Å². The van der Waals surface area contributed by atoms with Crippen LogP contribution in [0.25, 0.3) is 0 Å². The van der Waals surface area contributed by atoms with Gasteiger partial charge in [-0.2, -0.15) is 0 Å². The van der Waals surface area contributed by atoms with Crippen LogP contribution in [0.2, 0.25) is 0 Å². The van der Waals surface area contributed by atoms with E-state index in [-0.39, 0.29) is 23.7 Å². The summed E-state index contributed by atoms with van der Waals surface area (Å²) in [7, 11) is 0. The Bertz CT molecular complexity index is 655. The van der Waals surface area contributed by atoms with Gasteiger partial charge in [-0.15, -0.1) is 0 Å². The van der Waals surface area contributed by atoms with Gasteiger partial charge in [0.05, 0.1) is 26.1 Å². The molecule has 3 fully saturated rings. The van der Waals surface area contributed by atoms with E-state index < -0.39 is 0 Å². The highest BCUT2D eigenvalue weighted by Gasteiger charge is 2.54. The molecule has 0 aromatic heterocycles. The molecular weight excluding hydrogens is 349 g/mol. The van der Waals surface area contributed by atoms with Crippen molar-refractivity contribution in [3.05, 3.63) is 35.6 Å². The van der Waals surface area contributed by atoms with Gasteiger partial charge >= 0.3 is 0 Å². The van der Waals surface area contributed by atoms with E-state index in [0.717, 1.165) is 45.7 Å². The van der Waals surface area contributed by atoms with E-state index in [9.17, 15) is 9.18 Å². The first kappa shape index (κ1) is 18.8. The summed E-state index contributed by atoms with van der Waals surface area (Å²) in [6.45, 7) is 5.05. The molecule has 0 bridgehead atoms. The van der Waals surface area contributed by atoms with Crippen molar-refractivity contribution in [3.8, 4) is 0 Å². The van der Waals surface area contributed by atoms with E-state index >= 15 is 0 Å². The van der Waals surface area contributed by atoms with Gasteiger partial charge in [-0.25, -0.2) is 4.39 Å². The van der Waals surface area contributed by atoms with Crippen molar-refractivity contribution in [1.29, 1.82) is 0 Å². The van der Waals surface area contributed by atoms with E-state index in [1.807, 2.05) is 0 Å². The van der Waals surface area contributed by atoms with Gasteiger partial charge in [-0.05, 0) is 36.8 Å². The first-order valence-corrected chi connectivity index (χ1v) is 9.97. The molecule has 27 heavy (non-hydrogen) atoms. The number of ether oxygens (including phenoxy) is 3. The topological polar surface area (TPSA) is 48.0 Å². The molecule has 1 atom stereocenters. The molecule has 3 aliphatic heterocycles. The summed E-state index contributed by atoms with van der Waals surface area (Å²) < 4.78 is 31.2. The van der Waals surface area contributed by atoms with Gasteiger partial charge < -0.3 is 19.1 Å². The van der Waals surface area contributed by atoms with Crippen molar-refractivity contribution in [2.75, 3.05) is 46.1 Å². The number of halogens is 1. The maximum absolute atomic E-state index is 13.8. The molecule has 1 aromatic rings. The van der Waals surface area contributed by atoms with E-state index in [1.165, 1.54) is 6.07 Å². The third kappa shape index (κ3) is 4.18. The van der Waals surface area contributed by atoms with E-state index in [0.29, 0.717) is 37.1 Å². The number of likely N-dealkylation sites (tertiary alicyclic amines) is 1. The number of rotatable bonds is 6. The number of hydrogen-bond donors (Lipinski definition) is 0. The zero-order valence-electron chi connectivity index (χ0n) is 15.7. The first-order chi connectivity index (χ1) is 13.2. The first-order valence-electron chi connectivity index (χ1n) is 9.97. The number of carbonyl (C=O) groups excluding carboxylic acids is 1. The Morgan fingerprint density at radius 1 is 1.15 bits per heavy atom. The third-order valence-electron chi connectivity index (χ3n) is 6.18. The summed E-state index contributed by atoms with van der Waals surface area (Å²) in [5.74, 6) is 0.563. The maximum Gasteiger partial charge on any atom is 0.227 e. The van der Waals surface area contributed by atoms with Crippen LogP contribution in [0.4, 0.5) is 4.39 Å². The average molecular weight is 377 g/mol. The number of hydrogen-bond acceptors (Lipinski definition) is 4. The fourth-order valence-electron chi connectivity index (χ4n) is 4.35. The summed E-state index contributed by atoms with van der Waals surface area (Å²) in [6.07, 6.45) is 3.23. The lowest BCUT2D eigenvalue weighted by Crippen LogP contribution is -2.66. The minimum absolute atomic E-state index is 0.0388. The van der Waals surface area contributed by atoms with Crippen molar-refractivity contribution in [2.45, 2.75) is 31.3 Å². The average Bonchev–Trinajstić information content (AvgIpc) is 3.07. The van der Waals surface area contributed by atoms with Crippen LogP contribution in [-0.2, 0) is 25.4 Å². The molecule has 0 N–H and O–H groups in total.